The van der Waals surface area contributed by atoms with E-state index in [2.05, 4.69) is 17.9 Å². The van der Waals surface area contributed by atoms with Crippen LogP contribution in [0, 0.1) is 0 Å². The van der Waals surface area contributed by atoms with Crippen molar-refractivity contribution in [1.82, 2.24) is 9.88 Å². The molecule has 0 atom stereocenters. The molecule has 3 N–H and O–H groups in total. The Morgan fingerprint density at radius 1 is 1.10 bits per heavy atom. The fourth-order valence-electron chi connectivity index (χ4n) is 2.18. The normalized spacial score (nSPS) is 13.2. The topological polar surface area (TPSA) is 94.2 Å². The number of nitrogens with zero attached hydrogens (tertiary/aromatic N) is 1. The Bertz CT molecular complexity index is 826. The Kier molecular flexibility index (Phi) is 2.65. The number of benzene rings is 1. The summed E-state index contributed by atoms with van der Waals surface area (Å²) in [6.07, 6.45) is 0. The fraction of sp³-hybridized carbons (Fsp3) is 0. The number of aromatic nitrogens is 1. The highest BCUT2D eigenvalue weighted by atomic mass is 32.1. The number of fused-ring (bicyclic) bond motifs is 1. The third-order valence-electron chi connectivity index (χ3n) is 3.08. The zero-order valence-corrected chi connectivity index (χ0v) is 11.0. The maximum atomic E-state index is 12.2. The maximum Gasteiger partial charge on any atom is 0.262 e. The second-order valence-electron chi connectivity index (χ2n) is 4.26. The molecule has 2 heterocycles. The molecule has 0 bridgehead atoms. The third kappa shape index (κ3) is 1.64. The number of carbonyl (C=O) groups excluding carboxylic acids is 2. The average Bonchev–Trinajstić information content (AvgIpc) is 2.67. The van der Waals surface area contributed by atoms with E-state index in [1.54, 1.807) is 24.3 Å². The van der Waals surface area contributed by atoms with Crippen molar-refractivity contribution in [2.45, 2.75) is 4.90 Å². The van der Waals surface area contributed by atoms with Crippen molar-refractivity contribution >= 4 is 30.3 Å². The summed E-state index contributed by atoms with van der Waals surface area (Å²) >= 11 is 4.27. The quantitative estimate of drug-likeness (QED) is 0.528. The van der Waals surface area contributed by atoms with Crippen molar-refractivity contribution in [2.75, 3.05) is 5.73 Å². The highest BCUT2D eigenvalue weighted by Crippen LogP contribution is 2.25. The lowest BCUT2D eigenvalue weighted by Crippen LogP contribution is -2.24. The monoisotopic (exact) mass is 287 g/mol. The lowest BCUT2D eigenvalue weighted by atomic mass is 10.1. The number of hydrogen-bond donors (Lipinski definition) is 3. The first-order valence-corrected chi connectivity index (χ1v) is 6.15. The van der Waals surface area contributed by atoms with Crippen LogP contribution < -0.4 is 16.6 Å². The molecule has 100 valence electrons. The molecule has 3 rings (SSSR count). The Morgan fingerprint density at radius 2 is 1.80 bits per heavy atom. The van der Waals surface area contributed by atoms with Gasteiger partial charge in [-0.05, 0) is 12.1 Å². The van der Waals surface area contributed by atoms with E-state index in [1.165, 1.54) is 4.57 Å². The number of nitrogen functional groups attached to an aromatic ring is 1. The van der Waals surface area contributed by atoms with Gasteiger partial charge < -0.3 is 5.73 Å². The minimum atomic E-state index is -0.611. The van der Waals surface area contributed by atoms with Crippen molar-refractivity contribution in [3.8, 4) is 5.69 Å². The fourth-order valence-corrected chi connectivity index (χ4v) is 2.44. The SMILES string of the molecule is Nc1c2c(cc(=O)n1-c1ccccc1S)C(=O)NC2=O. The molecule has 1 aromatic carbocycles. The summed E-state index contributed by atoms with van der Waals surface area (Å²) in [5.41, 5.74) is 5.89. The van der Waals surface area contributed by atoms with Gasteiger partial charge in [0.05, 0.1) is 16.8 Å². The number of carbonyl (C=O) groups is 2. The zero-order chi connectivity index (χ0) is 14.4. The van der Waals surface area contributed by atoms with Gasteiger partial charge in [-0.25, -0.2) is 0 Å². The molecule has 0 unspecified atom stereocenters. The Hall–Kier alpha value is -2.54. The van der Waals surface area contributed by atoms with E-state index in [-0.39, 0.29) is 16.9 Å². The van der Waals surface area contributed by atoms with Crippen LogP contribution in [0.2, 0.25) is 0 Å². The lowest BCUT2D eigenvalue weighted by molar-refractivity contribution is 0.0880. The standard InChI is InChI=1S/C13H9N3O3S/c14-11-10-6(12(18)15-13(10)19)5-9(17)16(11)7-3-1-2-4-8(7)20/h1-5,20H,14H2,(H,15,18,19). The number of amides is 2. The van der Waals surface area contributed by atoms with Crippen LogP contribution in [-0.2, 0) is 0 Å². The van der Waals surface area contributed by atoms with E-state index in [4.69, 9.17) is 5.73 Å². The van der Waals surface area contributed by atoms with Crippen LogP contribution in [0.3, 0.4) is 0 Å². The summed E-state index contributed by atoms with van der Waals surface area (Å²) in [5.74, 6) is -1.29. The molecule has 1 aliphatic heterocycles. The van der Waals surface area contributed by atoms with Gasteiger partial charge in [0.25, 0.3) is 17.4 Å². The summed E-state index contributed by atoms with van der Waals surface area (Å²) < 4.78 is 1.17. The van der Waals surface area contributed by atoms with Gasteiger partial charge in [0.15, 0.2) is 0 Å². The highest BCUT2D eigenvalue weighted by Gasteiger charge is 2.31. The average molecular weight is 287 g/mol. The molecular weight excluding hydrogens is 278 g/mol. The van der Waals surface area contributed by atoms with Crippen LogP contribution in [0.4, 0.5) is 5.82 Å². The van der Waals surface area contributed by atoms with Crippen LogP contribution in [0.1, 0.15) is 20.7 Å². The molecular formula is C13H9N3O3S. The van der Waals surface area contributed by atoms with Gasteiger partial charge in [-0.1, -0.05) is 12.1 Å². The van der Waals surface area contributed by atoms with Gasteiger partial charge in [-0.2, -0.15) is 0 Å². The lowest BCUT2D eigenvalue weighted by Gasteiger charge is -2.13. The maximum absolute atomic E-state index is 12.2. The second kappa shape index (κ2) is 4.24. The highest BCUT2D eigenvalue weighted by molar-refractivity contribution is 7.80. The number of hydrogen-bond acceptors (Lipinski definition) is 5. The van der Waals surface area contributed by atoms with Gasteiger partial charge in [0.2, 0.25) is 0 Å². The zero-order valence-electron chi connectivity index (χ0n) is 10.1. The number of rotatable bonds is 1. The Balaban J connectivity index is 2.38. The molecule has 1 aliphatic rings. The molecule has 0 aliphatic carbocycles. The van der Waals surface area contributed by atoms with Crippen molar-refractivity contribution in [3.63, 3.8) is 0 Å². The number of nitrogens with two attached hydrogens (primary N) is 1. The summed E-state index contributed by atoms with van der Waals surface area (Å²) in [6.45, 7) is 0. The number of pyridine rings is 1. The molecule has 7 heteroatoms. The van der Waals surface area contributed by atoms with E-state index in [0.29, 0.717) is 10.6 Å². The third-order valence-corrected chi connectivity index (χ3v) is 3.45. The molecule has 0 radical (unpaired) electrons. The predicted molar refractivity (Wildman–Crippen MR) is 75.5 cm³/mol. The van der Waals surface area contributed by atoms with Crippen molar-refractivity contribution < 1.29 is 9.59 Å². The van der Waals surface area contributed by atoms with Crippen LogP contribution in [0.5, 0.6) is 0 Å². The summed E-state index contributed by atoms with van der Waals surface area (Å²) in [5, 5.41) is 2.11. The van der Waals surface area contributed by atoms with Crippen LogP contribution in [-0.4, -0.2) is 16.4 Å². The van der Waals surface area contributed by atoms with E-state index in [1.807, 2.05) is 0 Å². The molecule has 20 heavy (non-hydrogen) atoms. The molecule has 1 aromatic heterocycles. The number of anilines is 1. The van der Waals surface area contributed by atoms with Gasteiger partial charge in [-0.3, -0.25) is 24.3 Å². The van der Waals surface area contributed by atoms with Crippen LogP contribution in [0.15, 0.2) is 40.0 Å². The summed E-state index contributed by atoms with van der Waals surface area (Å²) in [4.78, 5) is 36.0. The van der Waals surface area contributed by atoms with Gasteiger partial charge in [0, 0.05) is 11.0 Å². The van der Waals surface area contributed by atoms with Gasteiger partial charge >= 0.3 is 0 Å². The van der Waals surface area contributed by atoms with Crippen LogP contribution >= 0.6 is 12.6 Å². The van der Waals surface area contributed by atoms with Gasteiger partial charge in [-0.15, -0.1) is 12.6 Å². The van der Waals surface area contributed by atoms with Crippen molar-refractivity contribution in [3.05, 3.63) is 51.8 Å². The molecule has 0 spiro atoms. The Morgan fingerprint density at radius 3 is 2.50 bits per heavy atom. The first-order valence-electron chi connectivity index (χ1n) is 5.70. The van der Waals surface area contributed by atoms with Crippen LogP contribution in [0.25, 0.3) is 5.69 Å². The second-order valence-corrected chi connectivity index (χ2v) is 4.75. The van der Waals surface area contributed by atoms with Crippen molar-refractivity contribution in [2.24, 2.45) is 0 Å². The predicted octanol–water partition coefficient (Wildman–Crippen LogP) is 0.592. The molecule has 0 saturated carbocycles. The molecule has 6 nitrogen and oxygen atoms in total. The van der Waals surface area contributed by atoms with E-state index in [0.717, 1.165) is 6.07 Å². The largest absolute Gasteiger partial charge is 0.384 e. The van der Waals surface area contributed by atoms with E-state index < -0.39 is 17.4 Å². The molecule has 0 fully saturated rings. The van der Waals surface area contributed by atoms with Gasteiger partial charge in [0.1, 0.15) is 5.82 Å². The van der Waals surface area contributed by atoms with E-state index in [9.17, 15) is 14.4 Å². The first kappa shape index (κ1) is 12.5. The first-order chi connectivity index (χ1) is 9.50. The number of imide groups is 1. The number of nitrogens with one attached hydrogen (secondary N) is 1. The smallest absolute Gasteiger partial charge is 0.262 e. The number of para-hydroxylation sites is 1. The molecule has 2 aromatic rings. The molecule has 2 amide bonds. The summed E-state index contributed by atoms with van der Waals surface area (Å²) in [7, 11) is 0. The van der Waals surface area contributed by atoms with E-state index >= 15 is 0 Å². The Labute approximate surface area is 118 Å². The minimum Gasteiger partial charge on any atom is -0.384 e. The number of thiol groups is 1. The van der Waals surface area contributed by atoms with Crippen molar-refractivity contribution in [1.29, 1.82) is 0 Å². The minimum absolute atomic E-state index is 0.00500. The molecule has 0 saturated heterocycles. The summed E-state index contributed by atoms with van der Waals surface area (Å²) in [6, 6.07) is 7.94.